The number of halogens is 1. The summed E-state index contributed by atoms with van der Waals surface area (Å²) in [6.07, 6.45) is 0. The summed E-state index contributed by atoms with van der Waals surface area (Å²) in [5.41, 5.74) is 2.53. The molecule has 1 aliphatic heterocycles. The highest BCUT2D eigenvalue weighted by Crippen LogP contribution is 2.28. The van der Waals surface area contributed by atoms with E-state index in [0.29, 0.717) is 5.92 Å². The molecule has 1 aliphatic rings. The Morgan fingerprint density at radius 2 is 2.00 bits per heavy atom. The molecule has 76 valence electrons. The number of alkyl halides is 1. The van der Waals surface area contributed by atoms with Crippen LogP contribution in [0.2, 0.25) is 0 Å². The van der Waals surface area contributed by atoms with Crippen molar-refractivity contribution in [2.75, 3.05) is 19.8 Å². The van der Waals surface area contributed by atoms with E-state index in [1.165, 1.54) is 11.1 Å². The summed E-state index contributed by atoms with van der Waals surface area (Å²) in [5.74, 6) is 0.526. The molecule has 14 heavy (non-hydrogen) atoms. The van der Waals surface area contributed by atoms with Crippen molar-refractivity contribution in [1.29, 1.82) is 0 Å². The van der Waals surface area contributed by atoms with Crippen molar-refractivity contribution in [2.24, 2.45) is 5.92 Å². The van der Waals surface area contributed by atoms with Crippen LogP contribution in [-0.4, -0.2) is 19.8 Å². The van der Waals surface area contributed by atoms with E-state index >= 15 is 0 Å². The fraction of sp³-hybridized carbons (Fsp3) is 0.500. The molecule has 1 saturated heterocycles. The molecule has 2 heteroatoms. The molecule has 2 atom stereocenters. The molecule has 1 heterocycles. The van der Waals surface area contributed by atoms with Crippen LogP contribution in [0.5, 0.6) is 0 Å². The Morgan fingerprint density at radius 1 is 1.29 bits per heavy atom. The van der Waals surface area contributed by atoms with E-state index in [0.717, 1.165) is 13.1 Å². The smallest absolute Gasteiger partial charge is 0.0941 e. The van der Waals surface area contributed by atoms with Crippen molar-refractivity contribution in [1.82, 2.24) is 5.32 Å². The summed E-state index contributed by atoms with van der Waals surface area (Å²) in [6, 6.07) is 8.44. The molecule has 0 amide bonds. The Bertz CT molecular complexity index is 294. The predicted molar refractivity (Wildman–Crippen MR) is 56.3 cm³/mol. The van der Waals surface area contributed by atoms with Crippen molar-refractivity contribution in [3.8, 4) is 0 Å². The lowest BCUT2D eigenvalue weighted by atomic mass is 9.89. The third kappa shape index (κ3) is 1.80. The van der Waals surface area contributed by atoms with Gasteiger partial charge in [0.1, 0.15) is 0 Å². The van der Waals surface area contributed by atoms with Gasteiger partial charge in [0.25, 0.3) is 0 Å². The normalized spacial score (nSPS) is 26.7. The molecule has 0 radical (unpaired) electrons. The monoisotopic (exact) mass is 193 g/mol. The van der Waals surface area contributed by atoms with Crippen molar-refractivity contribution >= 4 is 0 Å². The Balaban J connectivity index is 2.17. The highest BCUT2D eigenvalue weighted by atomic mass is 19.1. The van der Waals surface area contributed by atoms with Crippen LogP contribution in [0, 0.1) is 12.8 Å². The molecule has 0 aromatic heterocycles. The lowest BCUT2D eigenvalue weighted by molar-refractivity contribution is 0.358. The summed E-state index contributed by atoms with van der Waals surface area (Å²) in [5, 5.41) is 3.25. The lowest BCUT2D eigenvalue weighted by Crippen LogP contribution is -2.12. The van der Waals surface area contributed by atoms with Crippen LogP contribution in [0.3, 0.4) is 0 Å². The molecule has 1 nitrogen and oxygen atoms in total. The van der Waals surface area contributed by atoms with Crippen LogP contribution in [0.15, 0.2) is 24.3 Å². The zero-order valence-electron chi connectivity index (χ0n) is 8.46. The minimum atomic E-state index is -0.217. The van der Waals surface area contributed by atoms with Gasteiger partial charge in [0.15, 0.2) is 0 Å². The van der Waals surface area contributed by atoms with Crippen LogP contribution < -0.4 is 5.32 Å². The Kier molecular flexibility index (Phi) is 2.82. The molecule has 1 aromatic rings. The second-order valence-electron chi connectivity index (χ2n) is 4.09. The SMILES string of the molecule is Cc1ccc([C@@H]2CNC[C@@H]2CF)cc1. The third-order valence-corrected chi connectivity index (χ3v) is 3.04. The van der Waals surface area contributed by atoms with Crippen molar-refractivity contribution in [2.45, 2.75) is 12.8 Å². The van der Waals surface area contributed by atoms with E-state index < -0.39 is 0 Å². The Hall–Kier alpha value is -0.890. The largest absolute Gasteiger partial charge is 0.316 e. The van der Waals surface area contributed by atoms with Gasteiger partial charge in [0.05, 0.1) is 6.67 Å². The zero-order chi connectivity index (χ0) is 9.97. The number of hydrogen-bond acceptors (Lipinski definition) is 1. The maximum absolute atomic E-state index is 12.7. The molecule has 0 spiro atoms. The highest BCUT2D eigenvalue weighted by Gasteiger charge is 2.27. The molecule has 2 rings (SSSR count). The van der Waals surface area contributed by atoms with E-state index in [4.69, 9.17) is 0 Å². The minimum absolute atomic E-state index is 0.165. The molecular formula is C12H16FN. The first-order valence-corrected chi connectivity index (χ1v) is 5.14. The standard InChI is InChI=1S/C12H16FN/c1-9-2-4-10(5-3-9)12-8-14-7-11(12)6-13/h2-5,11-12,14H,6-8H2,1H3/t11-,12-/m0/s1. The van der Waals surface area contributed by atoms with Crippen molar-refractivity contribution in [3.63, 3.8) is 0 Å². The zero-order valence-corrected chi connectivity index (χ0v) is 8.46. The van der Waals surface area contributed by atoms with E-state index in [2.05, 4.69) is 36.5 Å². The lowest BCUT2D eigenvalue weighted by Gasteiger charge is -2.15. The quantitative estimate of drug-likeness (QED) is 0.759. The molecular weight excluding hydrogens is 177 g/mol. The number of aryl methyl sites for hydroxylation is 1. The van der Waals surface area contributed by atoms with Gasteiger partial charge in [-0.25, -0.2) is 0 Å². The summed E-state index contributed by atoms with van der Waals surface area (Å²) in [7, 11) is 0. The summed E-state index contributed by atoms with van der Waals surface area (Å²) >= 11 is 0. The molecule has 1 aromatic carbocycles. The third-order valence-electron chi connectivity index (χ3n) is 3.04. The molecule has 0 aliphatic carbocycles. The highest BCUT2D eigenvalue weighted by molar-refractivity contribution is 5.26. The fourth-order valence-corrected chi connectivity index (χ4v) is 2.10. The first kappa shape index (κ1) is 9.66. The summed E-state index contributed by atoms with van der Waals surface area (Å²) in [6.45, 7) is 3.58. The molecule has 0 saturated carbocycles. The van der Waals surface area contributed by atoms with Crippen LogP contribution in [-0.2, 0) is 0 Å². The van der Waals surface area contributed by atoms with Crippen LogP contribution in [0.4, 0.5) is 4.39 Å². The number of hydrogen-bond donors (Lipinski definition) is 1. The van der Waals surface area contributed by atoms with Crippen molar-refractivity contribution in [3.05, 3.63) is 35.4 Å². The average molecular weight is 193 g/mol. The first-order chi connectivity index (χ1) is 6.81. The molecule has 0 bridgehead atoms. The second kappa shape index (κ2) is 4.09. The van der Waals surface area contributed by atoms with Gasteiger partial charge in [-0.2, -0.15) is 0 Å². The molecule has 0 unspecified atom stereocenters. The maximum Gasteiger partial charge on any atom is 0.0941 e. The van der Waals surface area contributed by atoms with Gasteiger partial charge in [-0.15, -0.1) is 0 Å². The van der Waals surface area contributed by atoms with Gasteiger partial charge in [0, 0.05) is 24.9 Å². The first-order valence-electron chi connectivity index (χ1n) is 5.14. The summed E-state index contributed by atoms with van der Waals surface area (Å²) in [4.78, 5) is 0. The van der Waals surface area contributed by atoms with Crippen molar-refractivity contribution < 1.29 is 4.39 Å². The van der Waals surface area contributed by atoms with Gasteiger partial charge < -0.3 is 5.32 Å². The van der Waals surface area contributed by atoms with Gasteiger partial charge in [-0.05, 0) is 12.5 Å². The van der Waals surface area contributed by atoms with Gasteiger partial charge in [0.2, 0.25) is 0 Å². The molecule has 1 N–H and O–H groups in total. The second-order valence-corrected chi connectivity index (χ2v) is 4.09. The van der Waals surface area contributed by atoms with E-state index in [-0.39, 0.29) is 12.6 Å². The predicted octanol–water partition coefficient (Wildman–Crippen LogP) is 2.27. The Morgan fingerprint density at radius 3 is 2.64 bits per heavy atom. The van der Waals surface area contributed by atoms with Crippen LogP contribution >= 0.6 is 0 Å². The van der Waals surface area contributed by atoms with Crippen LogP contribution in [0.25, 0.3) is 0 Å². The Labute approximate surface area is 84.3 Å². The van der Waals surface area contributed by atoms with E-state index in [9.17, 15) is 4.39 Å². The minimum Gasteiger partial charge on any atom is -0.316 e. The number of benzene rings is 1. The fourth-order valence-electron chi connectivity index (χ4n) is 2.10. The molecule has 1 fully saturated rings. The van der Waals surface area contributed by atoms with Crippen LogP contribution in [0.1, 0.15) is 17.0 Å². The average Bonchev–Trinajstić information content (AvgIpc) is 2.67. The topological polar surface area (TPSA) is 12.0 Å². The van der Waals surface area contributed by atoms with E-state index in [1.54, 1.807) is 0 Å². The van der Waals surface area contributed by atoms with Gasteiger partial charge in [-0.1, -0.05) is 29.8 Å². The maximum atomic E-state index is 12.7. The van der Waals surface area contributed by atoms with Gasteiger partial charge >= 0.3 is 0 Å². The van der Waals surface area contributed by atoms with E-state index in [1.807, 2.05) is 0 Å². The number of rotatable bonds is 2. The van der Waals surface area contributed by atoms with Gasteiger partial charge in [-0.3, -0.25) is 4.39 Å². The summed E-state index contributed by atoms with van der Waals surface area (Å²) < 4.78 is 12.7. The number of nitrogens with one attached hydrogen (secondary N) is 1.